The van der Waals surface area contributed by atoms with Gasteiger partial charge in [-0.25, -0.2) is 0 Å². The number of para-hydroxylation sites is 1. The molecule has 1 heterocycles. The SMILES string of the molecule is CC1NC(=O)CN(c2ccccc2C(F)(F)F)C1=O. The van der Waals surface area contributed by atoms with Crippen LogP contribution < -0.4 is 10.2 Å². The number of nitrogens with zero attached hydrogens (tertiary/aromatic N) is 1. The first-order chi connectivity index (χ1) is 8.80. The molecule has 1 saturated heterocycles. The van der Waals surface area contributed by atoms with E-state index in [0.717, 1.165) is 11.0 Å². The lowest BCUT2D eigenvalue weighted by atomic mass is 10.1. The minimum Gasteiger partial charge on any atom is -0.343 e. The number of piperazine rings is 1. The molecule has 0 aliphatic carbocycles. The number of hydrogen-bond donors (Lipinski definition) is 1. The maximum atomic E-state index is 12.9. The molecule has 0 aromatic heterocycles. The number of carbonyl (C=O) groups excluding carboxylic acids is 2. The molecule has 0 radical (unpaired) electrons. The van der Waals surface area contributed by atoms with Gasteiger partial charge in [0.15, 0.2) is 0 Å². The number of anilines is 1. The maximum Gasteiger partial charge on any atom is 0.418 e. The highest BCUT2D eigenvalue weighted by molar-refractivity contribution is 6.06. The van der Waals surface area contributed by atoms with Crippen LogP contribution in [-0.2, 0) is 15.8 Å². The van der Waals surface area contributed by atoms with E-state index in [-0.39, 0.29) is 5.69 Å². The van der Waals surface area contributed by atoms with Gasteiger partial charge >= 0.3 is 6.18 Å². The van der Waals surface area contributed by atoms with Gasteiger partial charge in [0.2, 0.25) is 11.8 Å². The van der Waals surface area contributed by atoms with Crippen LogP contribution in [0.1, 0.15) is 12.5 Å². The molecule has 102 valence electrons. The molecule has 2 amide bonds. The summed E-state index contributed by atoms with van der Waals surface area (Å²) in [5.74, 6) is -1.04. The average Bonchev–Trinajstić information content (AvgIpc) is 2.33. The number of halogens is 3. The summed E-state index contributed by atoms with van der Waals surface area (Å²) in [6.45, 7) is 1.03. The molecule has 1 aliphatic rings. The zero-order chi connectivity index (χ0) is 14.2. The first-order valence-electron chi connectivity index (χ1n) is 5.57. The summed E-state index contributed by atoms with van der Waals surface area (Å²) in [7, 11) is 0. The van der Waals surface area contributed by atoms with Crippen molar-refractivity contribution >= 4 is 17.5 Å². The molecule has 4 nitrogen and oxygen atoms in total. The lowest BCUT2D eigenvalue weighted by Crippen LogP contribution is -2.57. The Bertz CT molecular complexity index is 528. The topological polar surface area (TPSA) is 49.4 Å². The predicted molar refractivity (Wildman–Crippen MR) is 61.4 cm³/mol. The fourth-order valence-electron chi connectivity index (χ4n) is 1.96. The highest BCUT2D eigenvalue weighted by atomic mass is 19.4. The summed E-state index contributed by atoms with van der Waals surface area (Å²) in [5.41, 5.74) is -1.22. The van der Waals surface area contributed by atoms with Gasteiger partial charge in [-0.2, -0.15) is 13.2 Å². The van der Waals surface area contributed by atoms with Crippen LogP contribution in [0, 0.1) is 0 Å². The van der Waals surface area contributed by atoms with E-state index in [9.17, 15) is 22.8 Å². The molecule has 1 atom stereocenters. The molecule has 7 heteroatoms. The maximum absolute atomic E-state index is 12.9. The second-order valence-corrected chi connectivity index (χ2v) is 4.23. The normalized spacial score (nSPS) is 20.4. The Morgan fingerprint density at radius 2 is 1.89 bits per heavy atom. The van der Waals surface area contributed by atoms with E-state index in [2.05, 4.69) is 5.32 Å². The third-order valence-corrected chi connectivity index (χ3v) is 2.82. The van der Waals surface area contributed by atoms with E-state index < -0.39 is 36.1 Å². The first kappa shape index (κ1) is 13.4. The van der Waals surface area contributed by atoms with Crippen molar-refractivity contribution in [3.8, 4) is 0 Å². The van der Waals surface area contributed by atoms with Crippen molar-refractivity contribution in [3.63, 3.8) is 0 Å². The van der Waals surface area contributed by atoms with Crippen LogP contribution in [0.3, 0.4) is 0 Å². The third-order valence-electron chi connectivity index (χ3n) is 2.82. The average molecular weight is 272 g/mol. The number of alkyl halides is 3. The molecule has 1 aliphatic heterocycles. The van der Waals surface area contributed by atoms with Gasteiger partial charge in [0, 0.05) is 0 Å². The van der Waals surface area contributed by atoms with Gasteiger partial charge in [-0.15, -0.1) is 0 Å². The Morgan fingerprint density at radius 3 is 2.53 bits per heavy atom. The molecular weight excluding hydrogens is 261 g/mol. The molecule has 0 saturated carbocycles. The minimum atomic E-state index is -4.58. The summed E-state index contributed by atoms with van der Waals surface area (Å²) >= 11 is 0. The summed E-state index contributed by atoms with van der Waals surface area (Å²) in [5, 5.41) is 2.38. The zero-order valence-electron chi connectivity index (χ0n) is 9.99. The van der Waals surface area contributed by atoms with Crippen molar-refractivity contribution in [1.29, 1.82) is 0 Å². The second kappa shape index (κ2) is 4.56. The van der Waals surface area contributed by atoms with Crippen LogP contribution in [0.5, 0.6) is 0 Å². The third kappa shape index (κ3) is 2.54. The second-order valence-electron chi connectivity index (χ2n) is 4.23. The van der Waals surface area contributed by atoms with Gasteiger partial charge in [0.25, 0.3) is 0 Å². The Hall–Kier alpha value is -2.05. The quantitative estimate of drug-likeness (QED) is 0.843. The molecule has 1 aromatic rings. The van der Waals surface area contributed by atoms with E-state index in [1.165, 1.54) is 25.1 Å². The predicted octanol–water partition coefficient (Wildman–Crippen LogP) is 1.56. The molecule has 1 aromatic carbocycles. The number of nitrogens with one attached hydrogen (secondary N) is 1. The van der Waals surface area contributed by atoms with Crippen LogP contribution >= 0.6 is 0 Å². The van der Waals surface area contributed by atoms with Crippen molar-refractivity contribution in [2.24, 2.45) is 0 Å². The molecule has 0 bridgehead atoms. The highest BCUT2D eigenvalue weighted by Gasteiger charge is 2.38. The number of carbonyl (C=O) groups is 2. The van der Waals surface area contributed by atoms with E-state index in [1.807, 2.05) is 0 Å². The van der Waals surface area contributed by atoms with Crippen molar-refractivity contribution in [3.05, 3.63) is 29.8 Å². The van der Waals surface area contributed by atoms with Gasteiger partial charge in [0.1, 0.15) is 12.6 Å². The molecule has 1 fully saturated rings. The summed E-state index contributed by atoms with van der Waals surface area (Å²) in [6.07, 6.45) is -4.58. The van der Waals surface area contributed by atoms with Crippen LogP contribution in [-0.4, -0.2) is 24.4 Å². The lowest BCUT2D eigenvalue weighted by Gasteiger charge is -2.32. The van der Waals surface area contributed by atoms with E-state index in [1.54, 1.807) is 0 Å². The summed E-state index contributed by atoms with van der Waals surface area (Å²) in [4.78, 5) is 24.1. The zero-order valence-corrected chi connectivity index (χ0v) is 9.99. The fraction of sp³-hybridized carbons (Fsp3) is 0.333. The van der Waals surface area contributed by atoms with Gasteiger partial charge < -0.3 is 10.2 Å². The van der Waals surface area contributed by atoms with Crippen molar-refractivity contribution in [2.75, 3.05) is 11.4 Å². The molecule has 1 unspecified atom stereocenters. The van der Waals surface area contributed by atoms with Crippen LogP contribution in [0.15, 0.2) is 24.3 Å². The van der Waals surface area contributed by atoms with Gasteiger partial charge in [-0.05, 0) is 19.1 Å². The standard InChI is InChI=1S/C12H11F3N2O2/c1-7-11(19)17(6-10(18)16-7)9-5-3-2-4-8(9)12(13,14)15/h2-5,7H,6H2,1H3,(H,16,18). The molecule has 19 heavy (non-hydrogen) atoms. The van der Waals surface area contributed by atoms with Gasteiger partial charge in [-0.1, -0.05) is 12.1 Å². The van der Waals surface area contributed by atoms with Crippen molar-refractivity contribution < 1.29 is 22.8 Å². The molecule has 0 spiro atoms. The smallest absolute Gasteiger partial charge is 0.343 e. The van der Waals surface area contributed by atoms with Crippen LogP contribution in [0.25, 0.3) is 0 Å². The summed E-state index contributed by atoms with van der Waals surface area (Å²) in [6, 6.07) is 3.88. The monoisotopic (exact) mass is 272 g/mol. The number of benzene rings is 1. The lowest BCUT2D eigenvalue weighted by molar-refractivity contribution is -0.138. The minimum absolute atomic E-state index is 0.290. The first-order valence-corrected chi connectivity index (χ1v) is 5.57. The van der Waals surface area contributed by atoms with Crippen LogP contribution in [0.2, 0.25) is 0 Å². The Kier molecular flexibility index (Phi) is 3.21. The van der Waals surface area contributed by atoms with Crippen molar-refractivity contribution in [1.82, 2.24) is 5.32 Å². The number of hydrogen-bond acceptors (Lipinski definition) is 2. The van der Waals surface area contributed by atoms with Gasteiger partial charge in [0.05, 0.1) is 11.3 Å². The Balaban J connectivity index is 2.46. The van der Waals surface area contributed by atoms with E-state index in [4.69, 9.17) is 0 Å². The van der Waals surface area contributed by atoms with Crippen molar-refractivity contribution in [2.45, 2.75) is 19.1 Å². The Morgan fingerprint density at radius 1 is 1.26 bits per heavy atom. The van der Waals surface area contributed by atoms with E-state index in [0.29, 0.717) is 0 Å². The van der Waals surface area contributed by atoms with Gasteiger partial charge in [-0.3, -0.25) is 9.59 Å². The van der Waals surface area contributed by atoms with Crippen LogP contribution in [0.4, 0.5) is 18.9 Å². The van der Waals surface area contributed by atoms with E-state index >= 15 is 0 Å². The number of rotatable bonds is 1. The molecule has 1 N–H and O–H groups in total. The fourth-order valence-corrected chi connectivity index (χ4v) is 1.96. The summed E-state index contributed by atoms with van der Waals surface area (Å²) < 4.78 is 38.7. The largest absolute Gasteiger partial charge is 0.418 e. The Labute approximate surface area is 107 Å². The molecule has 2 rings (SSSR count). The molecular formula is C12H11F3N2O2. The highest BCUT2D eigenvalue weighted by Crippen LogP contribution is 2.36. The number of amides is 2.